The summed E-state index contributed by atoms with van der Waals surface area (Å²) in [6, 6.07) is 3.40. The second-order valence-electron chi connectivity index (χ2n) is 5.08. The SMILES string of the molecule is CC1(NS(=O)(=O)c2ccc(F)cc2C#CCCO)CC1. The molecule has 0 unspecified atom stereocenters. The highest BCUT2D eigenvalue weighted by Crippen LogP contribution is 2.36. The lowest BCUT2D eigenvalue weighted by Gasteiger charge is -2.13. The lowest BCUT2D eigenvalue weighted by molar-refractivity contribution is 0.305. The summed E-state index contributed by atoms with van der Waals surface area (Å²) in [5.41, 5.74) is -0.293. The Labute approximate surface area is 118 Å². The number of rotatable bonds is 4. The molecule has 1 saturated carbocycles. The zero-order valence-corrected chi connectivity index (χ0v) is 11.9. The second-order valence-corrected chi connectivity index (χ2v) is 6.73. The number of hydrogen-bond acceptors (Lipinski definition) is 3. The van der Waals surface area contributed by atoms with Crippen LogP contribution in [0.1, 0.15) is 31.7 Å². The quantitative estimate of drug-likeness (QED) is 0.825. The van der Waals surface area contributed by atoms with Crippen molar-refractivity contribution >= 4 is 10.0 Å². The Bertz CT molecular complexity index is 669. The van der Waals surface area contributed by atoms with E-state index < -0.39 is 21.4 Å². The third-order valence-corrected chi connectivity index (χ3v) is 4.77. The summed E-state index contributed by atoms with van der Waals surface area (Å²) in [5, 5.41) is 8.68. The minimum absolute atomic E-state index is 0.0301. The maximum Gasteiger partial charge on any atom is 0.242 e. The number of halogens is 1. The first-order chi connectivity index (χ1) is 9.36. The van der Waals surface area contributed by atoms with Crippen LogP contribution in [0.15, 0.2) is 23.1 Å². The van der Waals surface area contributed by atoms with Crippen molar-refractivity contribution < 1.29 is 17.9 Å². The highest BCUT2D eigenvalue weighted by molar-refractivity contribution is 7.89. The van der Waals surface area contributed by atoms with E-state index >= 15 is 0 Å². The fourth-order valence-corrected chi connectivity index (χ4v) is 3.33. The molecular formula is C14H16FNO3S. The molecule has 1 aliphatic rings. The van der Waals surface area contributed by atoms with Crippen LogP contribution in [0.3, 0.4) is 0 Å². The van der Waals surface area contributed by atoms with Crippen LogP contribution < -0.4 is 4.72 Å². The number of nitrogens with one attached hydrogen (secondary N) is 1. The van der Waals surface area contributed by atoms with Gasteiger partial charge in [0, 0.05) is 17.5 Å². The highest BCUT2D eigenvalue weighted by atomic mass is 32.2. The Morgan fingerprint density at radius 1 is 1.45 bits per heavy atom. The molecular weight excluding hydrogens is 281 g/mol. The van der Waals surface area contributed by atoms with Gasteiger partial charge in [-0.1, -0.05) is 11.8 Å². The fraction of sp³-hybridized carbons (Fsp3) is 0.429. The molecule has 1 aromatic carbocycles. The summed E-state index contributed by atoms with van der Waals surface area (Å²) >= 11 is 0. The Morgan fingerprint density at radius 3 is 2.75 bits per heavy atom. The number of hydrogen-bond donors (Lipinski definition) is 2. The predicted molar refractivity (Wildman–Crippen MR) is 72.9 cm³/mol. The number of sulfonamides is 1. The third kappa shape index (κ3) is 3.57. The number of aliphatic hydroxyl groups is 1. The van der Waals surface area contributed by atoms with Crippen LogP contribution in [-0.4, -0.2) is 25.7 Å². The van der Waals surface area contributed by atoms with Crippen LogP contribution in [0.2, 0.25) is 0 Å². The zero-order valence-electron chi connectivity index (χ0n) is 11.1. The molecule has 0 bridgehead atoms. The molecule has 20 heavy (non-hydrogen) atoms. The van der Waals surface area contributed by atoms with Crippen LogP contribution in [0, 0.1) is 17.7 Å². The van der Waals surface area contributed by atoms with E-state index in [9.17, 15) is 12.8 Å². The van der Waals surface area contributed by atoms with Crippen molar-refractivity contribution in [1.29, 1.82) is 0 Å². The Hall–Kier alpha value is -1.42. The normalized spacial score (nSPS) is 16.4. The molecule has 0 aromatic heterocycles. The summed E-state index contributed by atoms with van der Waals surface area (Å²) < 4.78 is 40.5. The van der Waals surface area contributed by atoms with Crippen LogP contribution in [0.5, 0.6) is 0 Å². The van der Waals surface area contributed by atoms with Gasteiger partial charge in [-0.2, -0.15) is 0 Å². The zero-order chi connectivity index (χ0) is 14.8. The van der Waals surface area contributed by atoms with Gasteiger partial charge in [0.2, 0.25) is 10.0 Å². The number of aliphatic hydroxyl groups excluding tert-OH is 1. The predicted octanol–water partition coefficient (Wildman–Crippen LogP) is 1.39. The molecule has 4 nitrogen and oxygen atoms in total. The number of benzene rings is 1. The first-order valence-corrected chi connectivity index (χ1v) is 7.78. The monoisotopic (exact) mass is 297 g/mol. The molecule has 0 atom stereocenters. The standard InChI is InChI=1S/C14H16FNO3S/c1-14(7-8-14)16-20(18,19)13-6-5-12(15)10-11(13)4-2-3-9-17/h5-6,10,16-17H,3,7-9H2,1H3. The molecule has 1 aliphatic carbocycles. The third-order valence-electron chi connectivity index (χ3n) is 3.07. The molecule has 1 fully saturated rings. The van der Waals surface area contributed by atoms with Gasteiger partial charge in [-0.15, -0.1) is 0 Å². The second kappa shape index (κ2) is 5.52. The van der Waals surface area contributed by atoms with Gasteiger partial charge in [-0.25, -0.2) is 17.5 Å². The van der Waals surface area contributed by atoms with E-state index in [4.69, 9.17) is 5.11 Å². The summed E-state index contributed by atoms with van der Waals surface area (Å²) in [5.74, 6) is 4.66. The van der Waals surface area contributed by atoms with Gasteiger partial charge in [-0.3, -0.25) is 0 Å². The molecule has 0 spiro atoms. The van der Waals surface area contributed by atoms with Gasteiger partial charge in [-0.05, 0) is 38.0 Å². The van der Waals surface area contributed by atoms with Gasteiger partial charge < -0.3 is 5.11 Å². The van der Waals surface area contributed by atoms with Crippen molar-refractivity contribution in [3.05, 3.63) is 29.6 Å². The molecule has 108 valence electrons. The first kappa shape index (κ1) is 15.0. The Kier molecular flexibility index (Phi) is 4.14. The van der Waals surface area contributed by atoms with Crippen molar-refractivity contribution in [1.82, 2.24) is 4.72 Å². The van der Waals surface area contributed by atoms with Crippen LogP contribution in [-0.2, 0) is 10.0 Å². The Morgan fingerprint density at radius 2 is 2.15 bits per heavy atom. The first-order valence-electron chi connectivity index (χ1n) is 6.30. The van der Waals surface area contributed by atoms with E-state index in [1.54, 1.807) is 0 Å². The van der Waals surface area contributed by atoms with Gasteiger partial charge in [0.05, 0.1) is 11.5 Å². The van der Waals surface area contributed by atoms with Gasteiger partial charge in [0.25, 0.3) is 0 Å². The van der Waals surface area contributed by atoms with Crippen LogP contribution in [0.4, 0.5) is 4.39 Å². The molecule has 1 aromatic rings. The van der Waals surface area contributed by atoms with Crippen molar-refractivity contribution in [2.75, 3.05) is 6.61 Å². The van der Waals surface area contributed by atoms with E-state index in [-0.39, 0.29) is 23.5 Å². The minimum atomic E-state index is -3.72. The summed E-state index contributed by atoms with van der Waals surface area (Å²) in [4.78, 5) is -0.0301. The van der Waals surface area contributed by atoms with Crippen LogP contribution in [0.25, 0.3) is 0 Å². The van der Waals surface area contributed by atoms with Gasteiger partial charge in [0.1, 0.15) is 5.82 Å². The van der Waals surface area contributed by atoms with Crippen molar-refractivity contribution in [2.24, 2.45) is 0 Å². The highest BCUT2D eigenvalue weighted by Gasteiger charge is 2.41. The molecule has 0 heterocycles. The topological polar surface area (TPSA) is 66.4 Å². The fourth-order valence-electron chi connectivity index (χ4n) is 1.72. The van der Waals surface area contributed by atoms with E-state index in [1.807, 2.05) is 6.92 Å². The molecule has 0 radical (unpaired) electrons. The maximum absolute atomic E-state index is 13.3. The largest absolute Gasteiger partial charge is 0.395 e. The van der Waals surface area contributed by atoms with E-state index in [0.29, 0.717) is 0 Å². The molecule has 0 saturated heterocycles. The molecule has 6 heteroatoms. The molecule has 0 amide bonds. The maximum atomic E-state index is 13.3. The van der Waals surface area contributed by atoms with Crippen molar-refractivity contribution in [3.8, 4) is 11.8 Å². The van der Waals surface area contributed by atoms with Gasteiger partial charge in [0.15, 0.2) is 0 Å². The van der Waals surface area contributed by atoms with Crippen LogP contribution >= 0.6 is 0 Å². The average molecular weight is 297 g/mol. The molecule has 0 aliphatic heterocycles. The molecule has 2 rings (SSSR count). The summed E-state index contributed by atoms with van der Waals surface area (Å²) in [7, 11) is -3.72. The smallest absolute Gasteiger partial charge is 0.242 e. The molecule has 2 N–H and O–H groups in total. The van der Waals surface area contributed by atoms with Crippen molar-refractivity contribution in [3.63, 3.8) is 0 Å². The van der Waals surface area contributed by atoms with E-state index in [0.717, 1.165) is 25.0 Å². The van der Waals surface area contributed by atoms with Crippen molar-refractivity contribution in [2.45, 2.75) is 36.6 Å². The average Bonchev–Trinajstić information content (AvgIpc) is 3.05. The minimum Gasteiger partial charge on any atom is -0.395 e. The summed E-state index contributed by atoms with van der Waals surface area (Å²) in [6.07, 6.45) is 1.79. The lowest BCUT2D eigenvalue weighted by Crippen LogP contribution is -2.34. The van der Waals surface area contributed by atoms with Gasteiger partial charge >= 0.3 is 0 Å². The lowest BCUT2D eigenvalue weighted by atomic mass is 10.2. The van der Waals surface area contributed by atoms with E-state index in [2.05, 4.69) is 16.6 Å². The van der Waals surface area contributed by atoms with E-state index in [1.165, 1.54) is 6.07 Å². The summed E-state index contributed by atoms with van der Waals surface area (Å²) in [6.45, 7) is 1.70. The Balaban J connectivity index is 2.38.